The highest BCUT2D eigenvalue weighted by Crippen LogP contribution is 2.47. The molecule has 3 amide bonds. The number of fused-ring (bicyclic) bond motifs is 3. The second-order valence-corrected chi connectivity index (χ2v) is 16.6. The normalized spacial score (nSPS) is 27.6. The lowest BCUT2D eigenvalue weighted by atomic mass is 9.93. The Kier molecular flexibility index (Phi) is 9.09. The van der Waals surface area contributed by atoms with Crippen LogP contribution in [0, 0.1) is 38.5 Å². The second-order valence-electron chi connectivity index (χ2n) is 14.7. The summed E-state index contributed by atoms with van der Waals surface area (Å²) in [6, 6.07) is 7.56. The van der Waals surface area contributed by atoms with Crippen molar-refractivity contribution in [2.24, 2.45) is 17.8 Å². The van der Waals surface area contributed by atoms with Gasteiger partial charge in [0.25, 0.3) is 5.91 Å². The molecule has 0 bridgehead atoms. The first kappa shape index (κ1) is 35.0. The van der Waals surface area contributed by atoms with Crippen molar-refractivity contribution in [2.45, 2.75) is 89.0 Å². The lowest BCUT2D eigenvalue weighted by Gasteiger charge is -2.26. The molecule has 2 N–H and O–H groups in total. The molecular formula is C37H46N6O7S. The molecule has 1 aliphatic heterocycles. The van der Waals surface area contributed by atoms with Crippen molar-refractivity contribution < 1.29 is 32.3 Å². The number of nitrogens with one attached hydrogen (secondary N) is 2. The van der Waals surface area contributed by atoms with Gasteiger partial charge in [-0.05, 0) is 90.3 Å². The largest absolute Gasteiger partial charge is 0.496 e. The molecule has 3 aromatic rings. The van der Waals surface area contributed by atoms with E-state index in [4.69, 9.17) is 14.5 Å². The van der Waals surface area contributed by atoms with Crippen LogP contribution in [0.25, 0.3) is 16.7 Å². The zero-order valence-electron chi connectivity index (χ0n) is 29.8. The van der Waals surface area contributed by atoms with Crippen LogP contribution in [0.2, 0.25) is 0 Å². The van der Waals surface area contributed by atoms with Crippen molar-refractivity contribution in [1.82, 2.24) is 29.7 Å². The van der Waals surface area contributed by atoms with E-state index in [1.54, 1.807) is 23.7 Å². The number of allylic oxidation sites excluding steroid dienone is 1. The van der Waals surface area contributed by atoms with Crippen molar-refractivity contribution in [3.8, 4) is 17.3 Å². The van der Waals surface area contributed by atoms with Crippen molar-refractivity contribution in [1.29, 1.82) is 0 Å². The molecule has 3 fully saturated rings. The fraction of sp³-hybridized carbons (Fsp3) is 0.541. The van der Waals surface area contributed by atoms with E-state index in [1.807, 2.05) is 57.2 Å². The Labute approximate surface area is 298 Å². The summed E-state index contributed by atoms with van der Waals surface area (Å²) in [5.41, 5.74) is 1.86. The number of carbonyl (C=O) groups is 3. The summed E-state index contributed by atoms with van der Waals surface area (Å²) in [5, 5.41) is 7.77. The summed E-state index contributed by atoms with van der Waals surface area (Å²) in [5.74, 6) is -1.39. The molecule has 0 spiro atoms. The summed E-state index contributed by atoms with van der Waals surface area (Å²) < 4.78 is 41.9. The molecule has 3 aliphatic carbocycles. The minimum absolute atomic E-state index is 0.153. The van der Waals surface area contributed by atoms with Crippen LogP contribution in [0.1, 0.15) is 68.3 Å². The van der Waals surface area contributed by atoms with E-state index in [0.29, 0.717) is 42.2 Å². The molecule has 14 heteroatoms. The minimum atomic E-state index is -3.83. The van der Waals surface area contributed by atoms with Gasteiger partial charge in [-0.2, -0.15) is 5.10 Å². The zero-order chi connectivity index (χ0) is 36.2. The molecule has 4 aliphatic rings. The van der Waals surface area contributed by atoms with Crippen molar-refractivity contribution in [2.75, 3.05) is 20.7 Å². The number of aryl methyl sites for hydroxylation is 3. The van der Waals surface area contributed by atoms with Crippen LogP contribution in [-0.2, 0) is 24.4 Å². The van der Waals surface area contributed by atoms with E-state index in [9.17, 15) is 22.8 Å². The average molecular weight is 719 g/mol. The SMILES string of the molecule is COc1ccc2c(O[C@@H]3C[C@H]4C(=O)N[C@]5(C(=O)NS(=O)(=O)C6CC6)C[C@@H]5/C=C\CCCCN(C)C(=O)[C@@H]4C3)cc(-n3nc(C)cc3C)nc2c1C. The molecule has 13 nitrogen and oxygen atoms in total. The van der Waals surface area contributed by atoms with Crippen LogP contribution < -0.4 is 19.5 Å². The third-order valence-corrected chi connectivity index (χ3v) is 12.7. The maximum absolute atomic E-state index is 14.3. The highest BCUT2D eigenvalue weighted by atomic mass is 32.2. The van der Waals surface area contributed by atoms with Gasteiger partial charge in [-0.15, -0.1) is 0 Å². The summed E-state index contributed by atoms with van der Waals surface area (Å²) >= 11 is 0. The third kappa shape index (κ3) is 6.70. The van der Waals surface area contributed by atoms with Crippen LogP contribution in [0.5, 0.6) is 11.5 Å². The van der Waals surface area contributed by atoms with Crippen LogP contribution >= 0.6 is 0 Å². The molecule has 272 valence electrons. The lowest BCUT2D eigenvalue weighted by molar-refractivity contribution is -0.140. The van der Waals surface area contributed by atoms with Gasteiger partial charge in [0.05, 0.1) is 35.4 Å². The Hall–Kier alpha value is -4.46. The van der Waals surface area contributed by atoms with Gasteiger partial charge in [0.1, 0.15) is 23.1 Å². The predicted octanol–water partition coefficient (Wildman–Crippen LogP) is 3.81. The van der Waals surface area contributed by atoms with Crippen molar-refractivity contribution in [3.05, 3.63) is 53.4 Å². The van der Waals surface area contributed by atoms with E-state index < -0.39 is 50.6 Å². The van der Waals surface area contributed by atoms with Crippen LogP contribution in [0.3, 0.4) is 0 Å². The molecule has 7 rings (SSSR count). The number of aromatic nitrogens is 3. The second kappa shape index (κ2) is 13.3. The van der Waals surface area contributed by atoms with E-state index in [2.05, 4.69) is 15.1 Å². The van der Waals surface area contributed by atoms with Crippen LogP contribution in [0.4, 0.5) is 0 Å². The number of pyridine rings is 1. The van der Waals surface area contributed by atoms with Crippen LogP contribution in [0.15, 0.2) is 36.4 Å². The first-order chi connectivity index (χ1) is 24.3. The molecular weight excluding hydrogens is 673 g/mol. The fourth-order valence-corrected chi connectivity index (χ4v) is 9.09. The van der Waals surface area contributed by atoms with E-state index in [-0.39, 0.29) is 31.1 Å². The zero-order valence-corrected chi connectivity index (χ0v) is 30.6. The predicted molar refractivity (Wildman–Crippen MR) is 190 cm³/mol. The number of rotatable bonds is 7. The maximum Gasteiger partial charge on any atom is 0.259 e. The molecule has 0 saturated heterocycles. The highest BCUT2D eigenvalue weighted by Gasteiger charge is 2.62. The first-order valence-electron chi connectivity index (χ1n) is 17.8. The standard InChI is InChI=1S/C37H46N6O7S/c1-21-16-22(2)43(40-21)32-19-31(27-13-14-30(49-5)23(3)33(27)38-32)50-25-17-28-29(18-25)35(45)42(4)15-9-7-6-8-10-24-20-37(24,39-34(28)44)36(46)41-51(47,48)26-11-12-26/h8,10,13-14,16,19,24-26,28-29H,6-7,9,11-12,15,17-18,20H2,1-5H3,(H,39,44)(H,41,46)/b10-8-/t24-,25+,28+,29+,37+/m0/s1. The van der Waals surface area contributed by atoms with Gasteiger partial charge in [-0.25, -0.2) is 18.1 Å². The summed E-state index contributed by atoms with van der Waals surface area (Å²) in [4.78, 5) is 48.5. The average Bonchev–Trinajstić information content (AvgIpc) is 3.99. The van der Waals surface area contributed by atoms with Crippen molar-refractivity contribution in [3.63, 3.8) is 0 Å². The van der Waals surface area contributed by atoms with Gasteiger partial charge < -0.3 is 19.7 Å². The number of hydrogen-bond acceptors (Lipinski definition) is 9. The Morgan fingerprint density at radius 2 is 1.82 bits per heavy atom. The lowest BCUT2D eigenvalue weighted by Crippen LogP contribution is -2.54. The van der Waals surface area contributed by atoms with Crippen molar-refractivity contribution >= 4 is 38.6 Å². The summed E-state index contributed by atoms with van der Waals surface area (Å²) in [6.07, 6.45) is 7.56. The Bertz CT molecular complexity index is 2040. The van der Waals surface area contributed by atoms with E-state index >= 15 is 0 Å². The summed E-state index contributed by atoms with van der Waals surface area (Å²) in [7, 11) is -0.459. The number of hydrogen-bond donors (Lipinski definition) is 2. The molecule has 5 atom stereocenters. The number of ether oxygens (including phenoxy) is 2. The maximum atomic E-state index is 14.3. The van der Waals surface area contributed by atoms with E-state index in [1.165, 1.54) is 0 Å². The van der Waals surface area contributed by atoms with Gasteiger partial charge in [0.2, 0.25) is 21.8 Å². The smallest absolute Gasteiger partial charge is 0.259 e. The molecule has 51 heavy (non-hydrogen) atoms. The molecule has 1 aromatic carbocycles. The Morgan fingerprint density at radius 1 is 1.06 bits per heavy atom. The quantitative estimate of drug-likeness (QED) is 0.346. The van der Waals surface area contributed by atoms with Gasteiger partial charge in [0.15, 0.2) is 5.82 Å². The van der Waals surface area contributed by atoms with E-state index in [0.717, 1.165) is 41.6 Å². The molecule has 3 heterocycles. The van der Waals surface area contributed by atoms with Gasteiger partial charge in [0, 0.05) is 42.2 Å². The Morgan fingerprint density at radius 3 is 2.53 bits per heavy atom. The number of methoxy groups -OCH3 is 1. The van der Waals surface area contributed by atoms with Crippen LogP contribution in [-0.4, -0.2) is 83.4 Å². The van der Waals surface area contributed by atoms with Gasteiger partial charge in [-0.3, -0.25) is 19.1 Å². The monoisotopic (exact) mass is 718 g/mol. The van der Waals surface area contributed by atoms with Gasteiger partial charge >= 0.3 is 0 Å². The number of benzene rings is 1. The number of amides is 3. The summed E-state index contributed by atoms with van der Waals surface area (Å²) in [6.45, 7) is 6.36. The number of nitrogens with zero attached hydrogens (tertiary/aromatic N) is 4. The number of carbonyl (C=O) groups excluding carboxylic acids is 3. The molecule has 3 saturated carbocycles. The first-order valence-corrected chi connectivity index (χ1v) is 19.3. The number of sulfonamides is 1. The topological polar surface area (TPSA) is 162 Å². The highest BCUT2D eigenvalue weighted by molar-refractivity contribution is 7.91. The fourth-order valence-electron chi connectivity index (χ4n) is 7.73. The molecule has 0 unspecified atom stereocenters. The Balaban J connectivity index is 1.22. The third-order valence-electron chi connectivity index (χ3n) is 10.9. The molecule has 0 radical (unpaired) electrons. The minimum Gasteiger partial charge on any atom is -0.496 e. The molecule has 2 aromatic heterocycles. The van der Waals surface area contributed by atoms with Gasteiger partial charge in [-0.1, -0.05) is 12.2 Å².